The van der Waals surface area contributed by atoms with E-state index in [0.29, 0.717) is 6.07 Å². The highest BCUT2D eigenvalue weighted by Crippen LogP contribution is 2.36. The lowest BCUT2D eigenvalue weighted by atomic mass is 10.2. The summed E-state index contributed by atoms with van der Waals surface area (Å²) in [4.78, 5) is 26.8. The molecule has 0 aliphatic rings. The Morgan fingerprint density at radius 2 is 2.05 bits per heavy atom. The van der Waals surface area contributed by atoms with E-state index in [4.69, 9.17) is 11.6 Å². The van der Waals surface area contributed by atoms with Gasteiger partial charge in [0.2, 0.25) is 5.82 Å². The molecule has 7 nitrogen and oxygen atoms in total. The summed E-state index contributed by atoms with van der Waals surface area (Å²) in [7, 11) is 0. The van der Waals surface area contributed by atoms with Crippen LogP contribution in [0.3, 0.4) is 0 Å². The molecule has 2 rings (SSSR count). The first kappa shape index (κ1) is 15.8. The number of nitro groups is 1. The smallest absolute Gasteiger partial charge is 0.334 e. The molecule has 1 aromatic carbocycles. The zero-order valence-corrected chi connectivity index (χ0v) is 11.2. The van der Waals surface area contributed by atoms with Crippen LogP contribution in [-0.4, -0.2) is 14.9 Å². The minimum atomic E-state index is -4.69. The second-order valence-electron chi connectivity index (χ2n) is 4.00. The molecule has 22 heavy (non-hydrogen) atoms. The van der Waals surface area contributed by atoms with Crippen LogP contribution < -0.4 is 10.9 Å². The summed E-state index contributed by atoms with van der Waals surface area (Å²) >= 11 is 5.46. The lowest BCUT2D eigenvalue weighted by Crippen LogP contribution is -2.15. The van der Waals surface area contributed by atoms with E-state index in [1.165, 1.54) is 6.07 Å². The van der Waals surface area contributed by atoms with E-state index in [-0.39, 0.29) is 5.69 Å². The fourth-order valence-corrected chi connectivity index (χ4v) is 1.84. The number of hydrogen-bond acceptors (Lipinski definition) is 5. The lowest BCUT2D eigenvalue weighted by Gasteiger charge is -2.11. The van der Waals surface area contributed by atoms with E-state index in [1.807, 2.05) is 4.98 Å². The molecule has 1 heterocycles. The average molecular weight is 335 g/mol. The Balaban J connectivity index is 2.47. The minimum absolute atomic E-state index is 0.155. The third-order valence-electron chi connectivity index (χ3n) is 2.55. The van der Waals surface area contributed by atoms with E-state index in [0.717, 1.165) is 12.4 Å². The van der Waals surface area contributed by atoms with Gasteiger partial charge >= 0.3 is 17.4 Å². The van der Waals surface area contributed by atoms with Crippen LogP contribution in [0.4, 0.5) is 30.4 Å². The molecule has 0 saturated carbocycles. The number of halogens is 4. The molecule has 116 valence electrons. The Bertz CT molecular complexity index is 791. The third-order valence-corrected chi connectivity index (χ3v) is 2.88. The maximum Gasteiger partial charge on any atom is 0.417 e. The summed E-state index contributed by atoms with van der Waals surface area (Å²) in [5, 5.41) is 12.6. The van der Waals surface area contributed by atoms with Crippen molar-refractivity contribution in [2.24, 2.45) is 0 Å². The van der Waals surface area contributed by atoms with Crippen molar-refractivity contribution in [3.8, 4) is 0 Å². The van der Waals surface area contributed by atoms with Gasteiger partial charge in [-0.2, -0.15) is 13.2 Å². The maximum absolute atomic E-state index is 12.7. The van der Waals surface area contributed by atoms with E-state index in [9.17, 15) is 28.1 Å². The predicted octanol–water partition coefficient (Wildman–Crippen LogP) is 3.09. The van der Waals surface area contributed by atoms with Crippen molar-refractivity contribution in [3.05, 3.63) is 55.6 Å². The van der Waals surface area contributed by atoms with Crippen LogP contribution in [0.25, 0.3) is 0 Å². The van der Waals surface area contributed by atoms with Gasteiger partial charge in [0.25, 0.3) is 0 Å². The number of aromatic amines is 1. The van der Waals surface area contributed by atoms with Crippen LogP contribution in [-0.2, 0) is 6.18 Å². The summed E-state index contributed by atoms with van der Waals surface area (Å²) < 4.78 is 38.2. The van der Waals surface area contributed by atoms with Gasteiger partial charge in [-0.1, -0.05) is 11.6 Å². The Kier molecular flexibility index (Phi) is 4.04. The van der Waals surface area contributed by atoms with Crippen molar-refractivity contribution in [3.63, 3.8) is 0 Å². The Morgan fingerprint density at radius 3 is 2.64 bits per heavy atom. The molecule has 0 unspecified atom stereocenters. The number of rotatable bonds is 3. The van der Waals surface area contributed by atoms with E-state index >= 15 is 0 Å². The van der Waals surface area contributed by atoms with Crippen molar-refractivity contribution in [2.75, 3.05) is 5.32 Å². The summed E-state index contributed by atoms with van der Waals surface area (Å²) in [5.74, 6) is -0.482. The number of H-pyrrole nitrogens is 1. The van der Waals surface area contributed by atoms with Gasteiger partial charge < -0.3 is 10.3 Å². The predicted molar refractivity (Wildman–Crippen MR) is 71.2 cm³/mol. The van der Waals surface area contributed by atoms with Gasteiger partial charge in [-0.05, 0) is 18.2 Å². The van der Waals surface area contributed by atoms with Gasteiger partial charge in [-0.25, -0.2) is 4.98 Å². The van der Waals surface area contributed by atoms with Gasteiger partial charge in [0.15, 0.2) is 0 Å². The van der Waals surface area contributed by atoms with Crippen LogP contribution >= 0.6 is 11.6 Å². The van der Waals surface area contributed by atoms with Gasteiger partial charge in [0, 0.05) is 5.69 Å². The van der Waals surface area contributed by atoms with Crippen LogP contribution in [0.15, 0.2) is 29.3 Å². The van der Waals surface area contributed by atoms with E-state index in [1.54, 1.807) is 0 Å². The topological polar surface area (TPSA) is 101 Å². The molecule has 0 atom stereocenters. The quantitative estimate of drug-likeness (QED) is 0.663. The number of aromatic nitrogens is 2. The monoisotopic (exact) mass is 334 g/mol. The highest BCUT2D eigenvalue weighted by Gasteiger charge is 2.33. The first-order valence-corrected chi connectivity index (χ1v) is 5.94. The Morgan fingerprint density at radius 1 is 1.36 bits per heavy atom. The maximum atomic E-state index is 12.7. The molecule has 2 aromatic rings. The summed E-state index contributed by atoms with van der Waals surface area (Å²) in [6, 6.07) is 2.81. The summed E-state index contributed by atoms with van der Waals surface area (Å²) in [6.45, 7) is 0. The molecule has 0 spiro atoms. The van der Waals surface area contributed by atoms with Crippen LogP contribution in [0.1, 0.15) is 5.56 Å². The molecular formula is C11H6ClF3N4O3. The van der Waals surface area contributed by atoms with Crippen molar-refractivity contribution in [1.29, 1.82) is 0 Å². The fourth-order valence-electron chi connectivity index (χ4n) is 1.61. The van der Waals surface area contributed by atoms with E-state index < -0.39 is 38.8 Å². The van der Waals surface area contributed by atoms with Gasteiger partial charge in [-0.3, -0.25) is 14.9 Å². The van der Waals surface area contributed by atoms with E-state index in [2.05, 4.69) is 10.3 Å². The zero-order chi connectivity index (χ0) is 16.5. The SMILES string of the molecule is O=c1[nH]cnc(Nc2ccc(Cl)c(C(F)(F)F)c2)c1[N+](=O)[O-]. The number of nitrogens with zero attached hydrogens (tertiary/aromatic N) is 2. The highest BCUT2D eigenvalue weighted by molar-refractivity contribution is 6.31. The van der Waals surface area contributed by atoms with Crippen molar-refractivity contribution in [2.45, 2.75) is 6.18 Å². The highest BCUT2D eigenvalue weighted by atomic mass is 35.5. The molecule has 11 heteroatoms. The largest absolute Gasteiger partial charge is 0.417 e. The van der Waals surface area contributed by atoms with Crippen molar-refractivity contribution >= 4 is 28.8 Å². The first-order chi connectivity index (χ1) is 10.2. The minimum Gasteiger partial charge on any atom is -0.334 e. The van der Waals surface area contributed by atoms with Crippen LogP contribution in [0.5, 0.6) is 0 Å². The molecule has 0 amide bonds. The molecular weight excluding hydrogens is 329 g/mol. The average Bonchev–Trinajstić information content (AvgIpc) is 2.39. The fraction of sp³-hybridized carbons (Fsp3) is 0.0909. The molecule has 0 radical (unpaired) electrons. The summed E-state index contributed by atoms with van der Waals surface area (Å²) in [6.07, 6.45) is -3.81. The Hall–Kier alpha value is -2.62. The van der Waals surface area contributed by atoms with Crippen molar-refractivity contribution in [1.82, 2.24) is 9.97 Å². The van der Waals surface area contributed by atoms with Crippen molar-refractivity contribution < 1.29 is 18.1 Å². The van der Waals surface area contributed by atoms with Gasteiger partial charge in [-0.15, -0.1) is 0 Å². The number of nitrogens with one attached hydrogen (secondary N) is 2. The second kappa shape index (κ2) is 5.64. The van der Waals surface area contributed by atoms with Crippen LogP contribution in [0, 0.1) is 10.1 Å². The lowest BCUT2D eigenvalue weighted by molar-refractivity contribution is -0.385. The van der Waals surface area contributed by atoms with Crippen LogP contribution in [0.2, 0.25) is 5.02 Å². The number of benzene rings is 1. The third kappa shape index (κ3) is 3.17. The molecule has 1 aromatic heterocycles. The molecule has 0 aliphatic heterocycles. The number of hydrogen-bond donors (Lipinski definition) is 2. The van der Waals surface area contributed by atoms with Gasteiger partial charge in [0.1, 0.15) is 0 Å². The molecule has 0 saturated heterocycles. The molecule has 2 N–H and O–H groups in total. The molecule has 0 fully saturated rings. The number of anilines is 2. The Labute approximate surface area is 124 Å². The zero-order valence-electron chi connectivity index (χ0n) is 10.4. The first-order valence-electron chi connectivity index (χ1n) is 5.56. The number of alkyl halides is 3. The summed E-state index contributed by atoms with van der Waals surface area (Å²) in [5.41, 5.74) is -3.22. The normalized spacial score (nSPS) is 11.3. The molecule has 0 aliphatic carbocycles. The second-order valence-corrected chi connectivity index (χ2v) is 4.41. The molecule has 0 bridgehead atoms. The standard InChI is InChI=1S/C11H6ClF3N4O3/c12-7-2-1-5(3-6(7)11(13,14)15)18-9-8(19(21)22)10(20)17-4-16-9/h1-4H,(H2,16,17,18,20). The van der Waals surface area contributed by atoms with Gasteiger partial charge in [0.05, 0.1) is 21.8 Å².